The molecule has 0 unspecified atom stereocenters. The van der Waals surface area contributed by atoms with Gasteiger partial charge in [0.1, 0.15) is 0 Å². The normalized spacial score (nSPS) is 27.9. The van der Waals surface area contributed by atoms with Crippen LogP contribution in [0.2, 0.25) is 0 Å². The number of rotatable bonds is 2. The summed E-state index contributed by atoms with van der Waals surface area (Å²) in [6, 6.07) is 0. The Morgan fingerprint density at radius 1 is 1.06 bits per heavy atom. The molecular formula is C14H22N2O2. The van der Waals surface area contributed by atoms with Gasteiger partial charge in [0.2, 0.25) is 11.8 Å². The van der Waals surface area contributed by atoms with E-state index in [2.05, 4.69) is 5.32 Å². The van der Waals surface area contributed by atoms with Crippen LogP contribution in [-0.4, -0.2) is 36.9 Å². The zero-order valence-corrected chi connectivity index (χ0v) is 11.0. The van der Waals surface area contributed by atoms with E-state index in [1.165, 1.54) is 6.42 Å². The van der Waals surface area contributed by atoms with Crippen LogP contribution in [-0.2, 0) is 9.59 Å². The van der Waals surface area contributed by atoms with Gasteiger partial charge in [-0.15, -0.1) is 0 Å². The van der Waals surface area contributed by atoms with Gasteiger partial charge in [0.05, 0.1) is 11.8 Å². The Balaban J connectivity index is 2.06. The van der Waals surface area contributed by atoms with Crippen molar-refractivity contribution in [3.8, 4) is 0 Å². The standard InChI is InChI=1S/C14H22N2O2/c1-15-13(17)11-7-3-4-8-12(11)14(18)16-9-5-2-6-10-16/h3-4,11-12H,2,5-10H2,1H3,(H,15,17)/t11-,12+/m0/s1. The second-order valence-corrected chi connectivity index (χ2v) is 5.16. The molecule has 0 aromatic heterocycles. The van der Waals surface area contributed by atoms with Crippen molar-refractivity contribution in [3.05, 3.63) is 12.2 Å². The molecule has 0 aromatic carbocycles. The second-order valence-electron chi connectivity index (χ2n) is 5.16. The van der Waals surface area contributed by atoms with Crippen LogP contribution in [0.3, 0.4) is 0 Å². The van der Waals surface area contributed by atoms with E-state index in [1.54, 1.807) is 7.05 Å². The van der Waals surface area contributed by atoms with E-state index in [-0.39, 0.29) is 23.7 Å². The molecule has 0 aromatic rings. The Morgan fingerprint density at radius 3 is 2.28 bits per heavy atom. The molecule has 1 fully saturated rings. The number of nitrogens with one attached hydrogen (secondary N) is 1. The lowest BCUT2D eigenvalue weighted by atomic mass is 9.81. The monoisotopic (exact) mass is 250 g/mol. The first kappa shape index (κ1) is 13.1. The zero-order valence-electron chi connectivity index (χ0n) is 11.0. The maximum atomic E-state index is 12.5. The SMILES string of the molecule is CNC(=O)[C@H]1CC=CC[C@H]1C(=O)N1CCCCC1. The first-order valence-corrected chi connectivity index (χ1v) is 6.89. The molecule has 2 atom stereocenters. The van der Waals surface area contributed by atoms with Gasteiger partial charge in [0.15, 0.2) is 0 Å². The van der Waals surface area contributed by atoms with E-state index in [0.29, 0.717) is 12.8 Å². The maximum absolute atomic E-state index is 12.5. The van der Waals surface area contributed by atoms with Gasteiger partial charge < -0.3 is 10.2 Å². The highest BCUT2D eigenvalue weighted by atomic mass is 16.2. The third-order valence-electron chi connectivity index (χ3n) is 4.00. The molecule has 1 saturated heterocycles. The number of hydrogen-bond donors (Lipinski definition) is 1. The molecule has 2 amide bonds. The summed E-state index contributed by atoms with van der Waals surface area (Å²) in [5.74, 6) is -0.176. The van der Waals surface area contributed by atoms with E-state index >= 15 is 0 Å². The van der Waals surface area contributed by atoms with Crippen LogP contribution in [0.1, 0.15) is 32.1 Å². The molecule has 2 rings (SSSR count). The van der Waals surface area contributed by atoms with Crippen LogP contribution in [0, 0.1) is 11.8 Å². The number of nitrogens with zero attached hydrogens (tertiary/aromatic N) is 1. The van der Waals surface area contributed by atoms with Crippen LogP contribution in [0.4, 0.5) is 0 Å². The van der Waals surface area contributed by atoms with Gasteiger partial charge in [-0.3, -0.25) is 9.59 Å². The second kappa shape index (κ2) is 6.03. The molecule has 4 heteroatoms. The van der Waals surface area contributed by atoms with Gasteiger partial charge in [0, 0.05) is 20.1 Å². The van der Waals surface area contributed by atoms with Crippen LogP contribution < -0.4 is 5.32 Å². The topological polar surface area (TPSA) is 49.4 Å². The zero-order chi connectivity index (χ0) is 13.0. The summed E-state index contributed by atoms with van der Waals surface area (Å²) in [5.41, 5.74) is 0. The fourth-order valence-electron chi connectivity index (χ4n) is 2.91. The quantitative estimate of drug-likeness (QED) is 0.752. The minimum absolute atomic E-state index is 0.00490. The number of carbonyl (C=O) groups excluding carboxylic acids is 2. The molecule has 0 saturated carbocycles. The summed E-state index contributed by atoms with van der Waals surface area (Å²) >= 11 is 0. The van der Waals surface area contributed by atoms with Crippen molar-refractivity contribution in [3.63, 3.8) is 0 Å². The summed E-state index contributed by atoms with van der Waals surface area (Å²) in [6.07, 6.45) is 8.84. The minimum Gasteiger partial charge on any atom is -0.359 e. The fraction of sp³-hybridized carbons (Fsp3) is 0.714. The summed E-state index contributed by atoms with van der Waals surface area (Å²) in [4.78, 5) is 26.3. The van der Waals surface area contributed by atoms with Crippen LogP contribution in [0.25, 0.3) is 0 Å². The van der Waals surface area contributed by atoms with Crippen molar-refractivity contribution in [2.24, 2.45) is 11.8 Å². The van der Waals surface area contributed by atoms with Crippen LogP contribution in [0.15, 0.2) is 12.2 Å². The Kier molecular flexibility index (Phi) is 4.39. The van der Waals surface area contributed by atoms with Crippen molar-refractivity contribution in [1.82, 2.24) is 10.2 Å². The third-order valence-corrected chi connectivity index (χ3v) is 4.00. The molecular weight excluding hydrogens is 228 g/mol. The Bertz CT molecular complexity index is 346. The molecule has 1 heterocycles. The number of piperidine rings is 1. The lowest BCUT2D eigenvalue weighted by Gasteiger charge is -2.34. The Morgan fingerprint density at radius 2 is 1.67 bits per heavy atom. The van der Waals surface area contributed by atoms with Gasteiger partial charge in [0.25, 0.3) is 0 Å². The lowest BCUT2D eigenvalue weighted by molar-refractivity contribution is -0.142. The van der Waals surface area contributed by atoms with Crippen molar-refractivity contribution in [1.29, 1.82) is 0 Å². The number of allylic oxidation sites excluding steroid dienone is 2. The van der Waals surface area contributed by atoms with Gasteiger partial charge in [-0.1, -0.05) is 12.2 Å². The molecule has 100 valence electrons. The van der Waals surface area contributed by atoms with Crippen molar-refractivity contribution in [2.45, 2.75) is 32.1 Å². The minimum atomic E-state index is -0.186. The lowest BCUT2D eigenvalue weighted by Crippen LogP contribution is -2.45. The first-order chi connectivity index (χ1) is 8.74. The summed E-state index contributed by atoms with van der Waals surface area (Å²) < 4.78 is 0. The average Bonchev–Trinajstić information content (AvgIpc) is 2.46. The van der Waals surface area contributed by atoms with Gasteiger partial charge in [-0.2, -0.15) is 0 Å². The van der Waals surface area contributed by atoms with Crippen molar-refractivity contribution >= 4 is 11.8 Å². The number of amides is 2. The Labute approximate surface area is 108 Å². The van der Waals surface area contributed by atoms with E-state index in [9.17, 15) is 9.59 Å². The van der Waals surface area contributed by atoms with E-state index in [4.69, 9.17) is 0 Å². The average molecular weight is 250 g/mol. The summed E-state index contributed by atoms with van der Waals surface area (Å²) in [7, 11) is 1.64. The number of hydrogen-bond acceptors (Lipinski definition) is 2. The molecule has 4 nitrogen and oxygen atoms in total. The predicted molar refractivity (Wildman–Crippen MR) is 69.9 cm³/mol. The molecule has 1 N–H and O–H groups in total. The van der Waals surface area contributed by atoms with Gasteiger partial charge in [-0.25, -0.2) is 0 Å². The number of likely N-dealkylation sites (tertiary alicyclic amines) is 1. The highest BCUT2D eigenvalue weighted by Crippen LogP contribution is 2.28. The summed E-state index contributed by atoms with van der Waals surface area (Å²) in [6.45, 7) is 1.72. The number of carbonyl (C=O) groups is 2. The van der Waals surface area contributed by atoms with Gasteiger partial charge in [-0.05, 0) is 32.1 Å². The molecule has 18 heavy (non-hydrogen) atoms. The van der Waals surface area contributed by atoms with E-state index in [0.717, 1.165) is 25.9 Å². The largest absolute Gasteiger partial charge is 0.359 e. The van der Waals surface area contributed by atoms with E-state index in [1.807, 2.05) is 17.1 Å². The smallest absolute Gasteiger partial charge is 0.226 e. The Hall–Kier alpha value is -1.32. The first-order valence-electron chi connectivity index (χ1n) is 6.89. The maximum Gasteiger partial charge on any atom is 0.226 e. The molecule has 0 spiro atoms. The molecule has 2 aliphatic rings. The van der Waals surface area contributed by atoms with Crippen molar-refractivity contribution < 1.29 is 9.59 Å². The predicted octanol–water partition coefficient (Wildman–Crippen LogP) is 1.33. The fourth-order valence-corrected chi connectivity index (χ4v) is 2.91. The van der Waals surface area contributed by atoms with Crippen LogP contribution >= 0.6 is 0 Å². The molecule has 1 aliphatic heterocycles. The summed E-state index contributed by atoms with van der Waals surface area (Å²) in [5, 5.41) is 2.68. The molecule has 0 bridgehead atoms. The highest BCUT2D eigenvalue weighted by Gasteiger charge is 2.36. The third kappa shape index (κ3) is 2.74. The molecule has 1 aliphatic carbocycles. The molecule has 0 radical (unpaired) electrons. The van der Waals surface area contributed by atoms with Gasteiger partial charge >= 0.3 is 0 Å². The van der Waals surface area contributed by atoms with Crippen LogP contribution in [0.5, 0.6) is 0 Å². The van der Waals surface area contributed by atoms with Crippen molar-refractivity contribution in [2.75, 3.05) is 20.1 Å². The van der Waals surface area contributed by atoms with E-state index < -0.39 is 0 Å². The highest BCUT2D eigenvalue weighted by molar-refractivity contribution is 5.88.